The summed E-state index contributed by atoms with van der Waals surface area (Å²) in [5.41, 5.74) is 0.836. The molecule has 0 bridgehead atoms. The molecular formula is C20H25N3O2S. The fraction of sp³-hybridized carbons (Fsp3) is 0.500. The van der Waals surface area contributed by atoms with Gasteiger partial charge in [0.05, 0.1) is 5.56 Å². The number of thiophene rings is 1. The molecule has 1 amide bonds. The molecule has 2 aliphatic rings. The second kappa shape index (κ2) is 8.18. The zero-order valence-corrected chi connectivity index (χ0v) is 15.7. The van der Waals surface area contributed by atoms with E-state index in [2.05, 4.69) is 9.88 Å². The van der Waals surface area contributed by atoms with Crippen LogP contribution in [-0.2, 0) is 0 Å². The first-order valence-corrected chi connectivity index (χ1v) is 10.4. The Morgan fingerprint density at radius 3 is 2.42 bits per heavy atom. The lowest BCUT2D eigenvalue weighted by atomic mass is 9.98. The van der Waals surface area contributed by atoms with Gasteiger partial charge in [-0.2, -0.15) is 11.3 Å². The second-order valence-electron chi connectivity index (χ2n) is 7.07. The third-order valence-electron chi connectivity index (χ3n) is 5.47. The Kier molecular flexibility index (Phi) is 5.51. The van der Waals surface area contributed by atoms with Gasteiger partial charge in [0.2, 0.25) is 0 Å². The fourth-order valence-corrected chi connectivity index (χ4v) is 4.60. The summed E-state index contributed by atoms with van der Waals surface area (Å²) in [6.45, 7) is 3.90. The van der Waals surface area contributed by atoms with Crippen molar-refractivity contribution in [2.24, 2.45) is 0 Å². The Hall–Kier alpha value is -1.92. The molecule has 5 nitrogen and oxygen atoms in total. The first-order valence-electron chi connectivity index (χ1n) is 9.42. The average molecular weight is 372 g/mol. The Bertz CT molecular complexity index is 691. The Morgan fingerprint density at radius 2 is 1.77 bits per heavy atom. The molecule has 0 spiro atoms. The number of pyridine rings is 1. The molecule has 138 valence electrons. The van der Waals surface area contributed by atoms with Crippen LogP contribution >= 0.6 is 11.3 Å². The summed E-state index contributed by atoms with van der Waals surface area (Å²) in [6, 6.07) is 6.37. The van der Waals surface area contributed by atoms with Gasteiger partial charge >= 0.3 is 0 Å². The van der Waals surface area contributed by atoms with Crippen LogP contribution in [0, 0.1) is 0 Å². The molecule has 2 aliphatic heterocycles. The standard InChI is InChI=1S/C20H25N3O2S/c24-20(16-7-14-26-15-16)23-10-3-17(4-11-23)22-12-5-19(6-13-22)25-18-1-8-21-9-2-18/h1-2,7-9,14-15,17,19H,3-6,10-13H2. The number of hydrogen-bond acceptors (Lipinski definition) is 5. The Labute approximate surface area is 158 Å². The minimum absolute atomic E-state index is 0.189. The van der Waals surface area contributed by atoms with Gasteiger partial charge in [-0.05, 0) is 49.3 Å². The first-order chi connectivity index (χ1) is 12.8. The van der Waals surface area contributed by atoms with Crippen LogP contribution in [0.15, 0.2) is 41.4 Å². The van der Waals surface area contributed by atoms with Crippen LogP contribution in [0.2, 0.25) is 0 Å². The quantitative estimate of drug-likeness (QED) is 0.827. The fourth-order valence-electron chi connectivity index (χ4n) is 3.97. The zero-order chi connectivity index (χ0) is 17.8. The van der Waals surface area contributed by atoms with Gasteiger partial charge in [0.25, 0.3) is 5.91 Å². The predicted molar refractivity (Wildman–Crippen MR) is 103 cm³/mol. The van der Waals surface area contributed by atoms with Gasteiger partial charge in [-0.3, -0.25) is 14.7 Å². The number of ether oxygens (including phenoxy) is 1. The highest BCUT2D eigenvalue weighted by molar-refractivity contribution is 7.08. The Morgan fingerprint density at radius 1 is 1.04 bits per heavy atom. The van der Waals surface area contributed by atoms with Crippen molar-refractivity contribution >= 4 is 17.2 Å². The van der Waals surface area contributed by atoms with Crippen LogP contribution < -0.4 is 4.74 Å². The first kappa shape index (κ1) is 17.5. The van der Waals surface area contributed by atoms with E-state index in [-0.39, 0.29) is 5.91 Å². The van der Waals surface area contributed by atoms with Gasteiger partial charge in [0.1, 0.15) is 11.9 Å². The molecule has 0 unspecified atom stereocenters. The predicted octanol–water partition coefficient (Wildman–Crippen LogP) is 3.29. The van der Waals surface area contributed by atoms with Crippen LogP contribution in [0.5, 0.6) is 5.75 Å². The van der Waals surface area contributed by atoms with Crippen LogP contribution in [0.4, 0.5) is 0 Å². The molecule has 2 fully saturated rings. The molecular weight excluding hydrogens is 346 g/mol. The molecule has 2 aromatic rings. The summed E-state index contributed by atoms with van der Waals surface area (Å²) >= 11 is 1.58. The highest BCUT2D eigenvalue weighted by atomic mass is 32.1. The van der Waals surface area contributed by atoms with Crippen LogP contribution in [0.1, 0.15) is 36.0 Å². The van der Waals surface area contributed by atoms with Gasteiger partial charge in [0, 0.05) is 50.0 Å². The zero-order valence-electron chi connectivity index (χ0n) is 14.9. The number of rotatable bonds is 4. The summed E-state index contributed by atoms with van der Waals surface area (Å²) in [5, 5.41) is 3.92. The van der Waals surface area contributed by atoms with E-state index >= 15 is 0 Å². The van der Waals surface area contributed by atoms with Crippen molar-refractivity contribution in [2.45, 2.75) is 37.8 Å². The van der Waals surface area contributed by atoms with Gasteiger partial charge < -0.3 is 9.64 Å². The van der Waals surface area contributed by atoms with Gasteiger partial charge in [-0.25, -0.2) is 0 Å². The number of aromatic nitrogens is 1. The number of nitrogens with zero attached hydrogens (tertiary/aromatic N) is 3. The number of likely N-dealkylation sites (tertiary alicyclic amines) is 2. The lowest BCUT2D eigenvalue weighted by molar-refractivity contribution is 0.0425. The molecule has 6 heteroatoms. The molecule has 4 rings (SSSR count). The monoisotopic (exact) mass is 371 g/mol. The third-order valence-corrected chi connectivity index (χ3v) is 6.15. The summed E-state index contributed by atoms with van der Waals surface area (Å²) < 4.78 is 6.06. The normalized spacial score (nSPS) is 20.2. The maximum absolute atomic E-state index is 12.5. The van der Waals surface area contributed by atoms with Crippen molar-refractivity contribution in [3.05, 3.63) is 46.9 Å². The highest BCUT2D eigenvalue weighted by Crippen LogP contribution is 2.24. The van der Waals surface area contributed by atoms with E-state index in [4.69, 9.17) is 4.74 Å². The van der Waals surface area contributed by atoms with E-state index in [9.17, 15) is 4.79 Å². The minimum Gasteiger partial charge on any atom is -0.490 e. The largest absolute Gasteiger partial charge is 0.490 e. The SMILES string of the molecule is O=C(c1ccsc1)N1CCC(N2CCC(Oc3ccncc3)CC2)CC1. The second-order valence-corrected chi connectivity index (χ2v) is 7.85. The van der Waals surface area contributed by atoms with Gasteiger partial charge in [-0.15, -0.1) is 0 Å². The van der Waals surface area contributed by atoms with Crippen molar-refractivity contribution in [2.75, 3.05) is 26.2 Å². The molecule has 0 N–H and O–H groups in total. The molecule has 0 atom stereocenters. The highest BCUT2D eigenvalue weighted by Gasteiger charge is 2.30. The summed E-state index contributed by atoms with van der Waals surface area (Å²) in [4.78, 5) is 21.1. The van der Waals surface area contributed by atoms with Crippen molar-refractivity contribution in [3.63, 3.8) is 0 Å². The number of carbonyl (C=O) groups is 1. The van der Waals surface area contributed by atoms with E-state index in [0.717, 1.165) is 63.2 Å². The smallest absolute Gasteiger partial charge is 0.254 e. The lowest BCUT2D eigenvalue weighted by Crippen LogP contribution is -2.50. The van der Waals surface area contributed by atoms with Crippen molar-refractivity contribution in [1.29, 1.82) is 0 Å². The molecule has 26 heavy (non-hydrogen) atoms. The van der Waals surface area contributed by atoms with Gasteiger partial charge in [-0.1, -0.05) is 0 Å². The van der Waals surface area contributed by atoms with Gasteiger partial charge in [0.15, 0.2) is 0 Å². The summed E-state index contributed by atoms with van der Waals surface area (Å²) in [6.07, 6.45) is 8.13. The molecule has 2 saturated heterocycles. The third kappa shape index (κ3) is 4.07. The molecule has 0 aliphatic carbocycles. The van der Waals surface area contributed by atoms with E-state index in [1.165, 1.54) is 0 Å². The van der Waals surface area contributed by atoms with Crippen LogP contribution in [0.25, 0.3) is 0 Å². The van der Waals surface area contributed by atoms with Crippen molar-refractivity contribution in [3.8, 4) is 5.75 Å². The van der Waals surface area contributed by atoms with Crippen molar-refractivity contribution < 1.29 is 9.53 Å². The molecule has 4 heterocycles. The summed E-state index contributed by atoms with van der Waals surface area (Å²) in [7, 11) is 0. The lowest BCUT2D eigenvalue weighted by Gasteiger charge is -2.41. The summed E-state index contributed by atoms with van der Waals surface area (Å²) in [5.74, 6) is 1.10. The maximum Gasteiger partial charge on any atom is 0.254 e. The average Bonchev–Trinajstić information content (AvgIpc) is 3.24. The number of carbonyl (C=O) groups excluding carboxylic acids is 1. The van der Waals surface area contributed by atoms with E-state index in [0.29, 0.717) is 12.1 Å². The topological polar surface area (TPSA) is 45.7 Å². The van der Waals surface area contributed by atoms with E-state index < -0.39 is 0 Å². The molecule has 0 saturated carbocycles. The van der Waals surface area contributed by atoms with Crippen LogP contribution in [0.3, 0.4) is 0 Å². The number of piperidine rings is 2. The molecule has 0 radical (unpaired) electrons. The van der Waals surface area contributed by atoms with E-state index in [1.54, 1.807) is 23.7 Å². The molecule has 2 aromatic heterocycles. The maximum atomic E-state index is 12.5. The molecule has 0 aromatic carbocycles. The minimum atomic E-state index is 0.189. The Balaban J connectivity index is 1.23. The van der Waals surface area contributed by atoms with Crippen LogP contribution in [-0.4, -0.2) is 59.0 Å². The number of hydrogen-bond donors (Lipinski definition) is 0. The van der Waals surface area contributed by atoms with Crippen molar-refractivity contribution in [1.82, 2.24) is 14.8 Å². The number of amides is 1. The van der Waals surface area contributed by atoms with E-state index in [1.807, 2.05) is 33.9 Å².